The second-order valence-corrected chi connectivity index (χ2v) is 4.84. The molecular formula is C12H16O. The summed E-state index contributed by atoms with van der Waals surface area (Å²) >= 11 is 0. The van der Waals surface area contributed by atoms with E-state index in [4.69, 9.17) is 0 Å². The third kappa shape index (κ3) is 1.02. The first-order valence-corrected chi connectivity index (χ1v) is 5.57. The number of ketones is 1. The smallest absolute Gasteiger partial charge is 0.136 e. The average molecular weight is 176 g/mol. The lowest BCUT2D eigenvalue weighted by Gasteiger charge is -2.46. The number of hydrogen-bond donors (Lipinski definition) is 0. The van der Waals surface area contributed by atoms with Crippen LogP contribution < -0.4 is 0 Å². The zero-order chi connectivity index (χ0) is 8.84. The molecule has 0 N–H and O–H groups in total. The fourth-order valence-electron chi connectivity index (χ4n) is 3.65. The molecule has 1 nitrogen and oxygen atoms in total. The van der Waals surface area contributed by atoms with E-state index in [1.54, 1.807) is 0 Å². The Kier molecular flexibility index (Phi) is 1.61. The summed E-state index contributed by atoms with van der Waals surface area (Å²) in [5.41, 5.74) is 0. The standard InChI is InChI=1S/C12H16O/c13-11-3-1-2-10-8-4-6-9(7-5-8)12(10)11/h4,6,8-10,12H,1-3,5,7H2. The number of carbonyl (C=O) groups excluding carboxylic acids is 1. The van der Waals surface area contributed by atoms with Gasteiger partial charge in [-0.15, -0.1) is 0 Å². The predicted molar refractivity (Wildman–Crippen MR) is 51.2 cm³/mol. The van der Waals surface area contributed by atoms with E-state index in [0.717, 1.165) is 24.7 Å². The van der Waals surface area contributed by atoms with Crippen LogP contribution in [0, 0.1) is 23.7 Å². The SMILES string of the molecule is O=C1CCCC2C3C=CC(CC3)C12. The molecule has 0 aromatic heterocycles. The third-order valence-corrected chi connectivity index (χ3v) is 4.24. The molecule has 4 aliphatic rings. The molecule has 4 rings (SSSR count). The van der Waals surface area contributed by atoms with Crippen molar-refractivity contribution in [2.24, 2.45) is 23.7 Å². The van der Waals surface area contributed by atoms with Crippen LogP contribution in [0.2, 0.25) is 0 Å². The highest BCUT2D eigenvalue weighted by Gasteiger charge is 2.45. The summed E-state index contributed by atoms with van der Waals surface area (Å²) in [5, 5.41) is 0. The van der Waals surface area contributed by atoms with Crippen molar-refractivity contribution in [1.29, 1.82) is 0 Å². The van der Waals surface area contributed by atoms with Crippen LogP contribution in [-0.4, -0.2) is 5.78 Å². The van der Waals surface area contributed by atoms with Crippen molar-refractivity contribution >= 4 is 5.78 Å². The van der Waals surface area contributed by atoms with Gasteiger partial charge in [-0.25, -0.2) is 0 Å². The van der Waals surface area contributed by atoms with Gasteiger partial charge in [-0.1, -0.05) is 12.2 Å². The highest BCUT2D eigenvalue weighted by atomic mass is 16.1. The van der Waals surface area contributed by atoms with Crippen LogP contribution >= 0.6 is 0 Å². The average Bonchev–Trinajstić information content (AvgIpc) is 2.20. The summed E-state index contributed by atoms with van der Waals surface area (Å²) in [6, 6.07) is 0. The van der Waals surface area contributed by atoms with Gasteiger partial charge in [-0.2, -0.15) is 0 Å². The summed E-state index contributed by atoms with van der Waals surface area (Å²) in [5.74, 6) is 3.08. The van der Waals surface area contributed by atoms with Crippen molar-refractivity contribution in [3.05, 3.63) is 12.2 Å². The zero-order valence-corrected chi connectivity index (χ0v) is 7.91. The van der Waals surface area contributed by atoms with E-state index in [9.17, 15) is 4.79 Å². The van der Waals surface area contributed by atoms with Gasteiger partial charge in [0, 0.05) is 12.3 Å². The lowest BCUT2D eigenvalue weighted by Crippen LogP contribution is -2.43. The Morgan fingerprint density at radius 2 is 1.85 bits per heavy atom. The Bertz CT molecular complexity index is 266. The maximum atomic E-state index is 11.8. The summed E-state index contributed by atoms with van der Waals surface area (Å²) in [4.78, 5) is 11.8. The summed E-state index contributed by atoms with van der Waals surface area (Å²) < 4.78 is 0. The fourth-order valence-corrected chi connectivity index (χ4v) is 3.65. The van der Waals surface area contributed by atoms with Crippen molar-refractivity contribution in [1.82, 2.24) is 0 Å². The van der Waals surface area contributed by atoms with E-state index in [-0.39, 0.29) is 0 Å². The van der Waals surface area contributed by atoms with Gasteiger partial charge in [0.1, 0.15) is 5.78 Å². The van der Waals surface area contributed by atoms with Gasteiger partial charge in [0.25, 0.3) is 0 Å². The highest BCUT2D eigenvalue weighted by molar-refractivity contribution is 5.83. The largest absolute Gasteiger partial charge is 0.299 e. The van der Waals surface area contributed by atoms with Gasteiger partial charge in [0.15, 0.2) is 0 Å². The number of carbonyl (C=O) groups is 1. The first-order valence-electron chi connectivity index (χ1n) is 5.57. The molecular weight excluding hydrogens is 160 g/mol. The monoisotopic (exact) mass is 176 g/mol. The molecule has 2 fully saturated rings. The maximum Gasteiger partial charge on any atom is 0.136 e. The van der Waals surface area contributed by atoms with E-state index in [0.29, 0.717) is 17.6 Å². The molecule has 0 aromatic rings. The zero-order valence-electron chi connectivity index (χ0n) is 7.91. The van der Waals surface area contributed by atoms with Gasteiger partial charge < -0.3 is 0 Å². The van der Waals surface area contributed by atoms with Crippen LogP contribution in [0.1, 0.15) is 32.1 Å². The third-order valence-electron chi connectivity index (χ3n) is 4.24. The van der Waals surface area contributed by atoms with E-state index >= 15 is 0 Å². The molecule has 0 aromatic carbocycles. The molecule has 1 heteroatoms. The summed E-state index contributed by atoms with van der Waals surface area (Å²) in [6.45, 7) is 0. The molecule has 0 aliphatic heterocycles. The van der Waals surface area contributed by atoms with Crippen LogP contribution in [0.3, 0.4) is 0 Å². The Labute approximate surface area is 79.2 Å². The Balaban J connectivity index is 1.96. The number of hydrogen-bond acceptors (Lipinski definition) is 1. The molecule has 4 aliphatic carbocycles. The Morgan fingerprint density at radius 1 is 1.08 bits per heavy atom. The fraction of sp³-hybridized carbons (Fsp3) is 0.750. The minimum absolute atomic E-state index is 0.428. The quantitative estimate of drug-likeness (QED) is 0.518. The molecule has 0 heterocycles. The van der Waals surface area contributed by atoms with E-state index in [1.807, 2.05) is 0 Å². The number of fused-ring (bicyclic) bond motifs is 1. The molecule has 0 radical (unpaired) electrons. The molecule has 4 unspecified atom stereocenters. The molecule has 0 saturated heterocycles. The normalized spacial score (nSPS) is 47.8. The van der Waals surface area contributed by atoms with Crippen LogP contribution in [0.4, 0.5) is 0 Å². The van der Waals surface area contributed by atoms with E-state index in [1.165, 1.54) is 19.3 Å². The van der Waals surface area contributed by atoms with Crippen molar-refractivity contribution < 1.29 is 4.79 Å². The van der Waals surface area contributed by atoms with Crippen molar-refractivity contribution in [2.75, 3.05) is 0 Å². The van der Waals surface area contributed by atoms with Crippen molar-refractivity contribution in [2.45, 2.75) is 32.1 Å². The molecule has 13 heavy (non-hydrogen) atoms. The minimum Gasteiger partial charge on any atom is -0.299 e. The van der Waals surface area contributed by atoms with Crippen LogP contribution in [0.15, 0.2) is 12.2 Å². The number of rotatable bonds is 0. The van der Waals surface area contributed by atoms with E-state index < -0.39 is 0 Å². The van der Waals surface area contributed by atoms with Crippen molar-refractivity contribution in [3.8, 4) is 0 Å². The highest BCUT2D eigenvalue weighted by Crippen LogP contribution is 2.49. The first kappa shape index (κ1) is 7.78. The second-order valence-electron chi connectivity index (χ2n) is 4.84. The Hall–Kier alpha value is -0.590. The minimum atomic E-state index is 0.428. The van der Waals surface area contributed by atoms with Gasteiger partial charge >= 0.3 is 0 Å². The lowest BCUT2D eigenvalue weighted by molar-refractivity contribution is -0.131. The topological polar surface area (TPSA) is 17.1 Å². The molecule has 0 spiro atoms. The van der Waals surface area contributed by atoms with Gasteiger partial charge in [-0.05, 0) is 43.4 Å². The molecule has 4 atom stereocenters. The van der Waals surface area contributed by atoms with Crippen LogP contribution in [0.25, 0.3) is 0 Å². The Morgan fingerprint density at radius 3 is 2.54 bits per heavy atom. The molecule has 2 bridgehead atoms. The predicted octanol–water partition coefficient (Wildman–Crippen LogP) is 2.57. The molecule has 2 saturated carbocycles. The van der Waals surface area contributed by atoms with Gasteiger partial charge in [0.05, 0.1) is 0 Å². The number of Topliss-reactive ketones (excluding diaryl/α,β-unsaturated/α-hetero) is 1. The number of allylic oxidation sites excluding steroid dienone is 2. The second kappa shape index (κ2) is 2.70. The maximum absolute atomic E-state index is 11.8. The van der Waals surface area contributed by atoms with Crippen LogP contribution in [0.5, 0.6) is 0 Å². The molecule has 70 valence electrons. The van der Waals surface area contributed by atoms with Crippen molar-refractivity contribution in [3.63, 3.8) is 0 Å². The van der Waals surface area contributed by atoms with Crippen LogP contribution in [-0.2, 0) is 4.79 Å². The lowest BCUT2D eigenvalue weighted by atomic mass is 9.57. The first-order chi connectivity index (χ1) is 6.36. The summed E-state index contributed by atoms with van der Waals surface area (Å²) in [6.07, 6.45) is 10.6. The molecule has 0 amide bonds. The van der Waals surface area contributed by atoms with Gasteiger partial charge in [-0.3, -0.25) is 4.79 Å². The summed E-state index contributed by atoms with van der Waals surface area (Å²) in [7, 11) is 0. The van der Waals surface area contributed by atoms with Gasteiger partial charge in [0.2, 0.25) is 0 Å². The van der Waals surface area contributed by atoms with E-state index in [2.05, 4.69) is 12.2 Å².